The Morgan fingerprint density at radius 1 is 1.21 bits per heavy atom. The monoisotopic (exact) mass is 402 g/mol. The maximum absolute atomic E-state index is 13.1. The van der Waals surface area contributed by atoms with E-state index in [1.807, 2.05) is 6.07 Å². The van der Waals surface area contributed by atoms with Crippen molar-refractivity contribution >= 4 is 15.7 Å². The summed E-state index contributed by atoms with van der Waals surface area (Å²) in [5.74, 6) is 0. The van der Waals surface area contributed by atoms with Gasteiger partial charge in [-0.2, -0.15) is 4.31 Å². The molecule has 1 aliphatic heterocycles. The van der Waals surface area contributed by atoms with Gasteiger partial charge in [0.05, 0.1) is 12.3 Å². The first-order chi connectivity index (χ1) is 13.3. The van der Waals surface area contributed by atoms with Gasteiger partial charge in [-0.3, -0.25) is 9.20 Å². The summed E-state index contributed by atoms with van der Waals surface area (Å²) in [5.41, 5.74) is 2.75. The highest BCUT2D eigenvalue weighted by Gasteiger charge is 2.34. The molecule has 4 heterocycles. The molecule has 0 saturated carbocycles. The molecule has 0 N–H and O–H groups in total. The Morgan fingerprint density at radius 3 is 2.68 bits per heavy atom. The van der Waals surface area contributed by atoms with Crippen LogP contribution < -0.4 is 5.56 Å². The van der Waals surface area contributed by atoms with Gasteiger partial charge in [-0.1, -0.05) is 0 Å². The summed E-state index contributed by atoms with van der Waals surface area (Å²) >= 11 is 0. The second-order valence-corrected chi connectivity index (χ2v) is 8.96. The highest BCUT2D eigenvalue weighted by molar-refractivity contribution is 7.89. The third-order valence-electron chi connectivity index (χ3n) is 5.21. The molecule has 0 aliphatic carbocycles. The van der Waals surface area contributed by atoms with Crippen LogP contribution in [0.25, 0.3) is 16.8 Å². The van der Waals surface area contributed by atoms with Crippen molar-refractivity contribution in [3.8, 4) is 11.1 Å². The average Bonchev–Trinajstić information content (AvgIpc) is 3.32. The average molecular weight is 402 g/mol. The Bertz CT molecular complexity index is 1190. The van der Waals surface area contributed by atoms with Crippen molar-refractivity contribution in [2.75, 3.05) is 20.2 Å². The van der Waals surface area contributed by atoms with Gasteiger partial charge in [0.15, 0.2) is 5.03 Å². The molecule has 9 heteroatoms. The number of methoxy groups -OCH3 is 1. The van der Waals surface area contributed by atoms with E-state index in [1.54, 1.807) is 50.0 Å². The number of aromatic nitrogens is 3. The molecule has 28 heavy (non-hydrogen) atoms. The van der Waals surface area contributed by atoms with Gasteiger partial charge in [0.2, 0.25) is 0 Å². The number of hydrogen-bond donors (Lipinski definition) is 0. The maximum atomic E-state index is 13.1. The van der Waals surface area contributed by atoms with E-state index in [-0.39, 0.29) is 16.7 Å². The van der Waals surface area contributed by atoms with E-state index in [2.05, 4.69) is 4.98 Å². The first kappa shape index (κ1) is 18.9. The second-order valence-electron chi connectivity index (χ2n) is 7.08. The Labute approximate surface area is 163 Å². The molecule has 1 saturated heterocycles. The highest BCUT2D eigenvalue weighted by Crippen LogP contribution is 2.26. The summed E-state index contributed by atoms with van der Waals surface area (Å²) in [4.78, 5) is 16.2. The Balaban J connectivity index is 1.80. The molecular formula is C19H22N4O4S. The fourth-order valence-electron chi connectivity index (χ4n) is 3.60. The SMILES string of the molecule is CO[C@H]1CCN(S(=O)(=O)c2cnc3ccc(-c4cc(C)c(=O)n(C)c4)cn23)C1. The minimum absolute atomic E-state index is 0.0579. The third-order valence-corrected chi connectivity index (χ3v) is 7.05. The molecule has 148 valence electrons. The van der Waals surface area contributed by atoms with Gasteiger partial charge < -0.3 is 9.30 Å². The number of hydrogen-bond acceptors (Lipinski definition) is 5. The van der Waals surface area contributed by atoms with E-state index in [0.29, 0.717) is 30.7 Å². The Hall–Kier alpha value is -2.49. The summed E-state index contributed by atoms with van der Waals surface area (Å²) in [7, 11) is -0.396. The minimum atomic E-state index is -3.69. The van der Waals surface area contributed by atoms with Gasteiger partial charge in [0.1, 0.15) is 5.65 Å². The molecule has 4 rings (SSSR count). The van der Waals surface area contributed by atoms with Gasteiger partial charge in [-0.25, -0.2) is 13.4 Å². The molecule has 1 aliphatic rings. The predicted molar refractivity (Wildman–Crippen MR) is 105 cm³/mol. The minimum Gasteiger partial charge on any atom is -0.380 e. The Morgan fingerprint density at radius 2 is 2.00 bits per heavy atom. The van der Waals surface area contributed by atoms with Crippen LogP contribution in [0.4, 0.5) is 0 Å². The maximum Gasteiger partial charge on any atom is 0.260 e. The van der Waals surface area contributed by atoms with Crippen molar-refractivity contribution in [2.45, 2.75) is 24.5 Å². The summed E-state index contributed by atoms with van der Waals surface area (Å²) in [6, 6.07) is 5.45. The summed E-state index contributed by atoms with van der Waals surface area (Å²) < 4.78 is 36.1. The number of sulfonamides is 1. The lowest BCUT2D eigenvalue weighted by Gasteiger charge is -2.16. The zero-order valence-electron chi connectivity index (χ0n) is 16.0. The van der Waals surface area contributed by atoms with Crippen LogP contribution in [-0.2, 0) is 21.8 Å². The van der Waals surface area contributed by atoms with Crippen LogP contribution in [0, 0.1) is 6.92 Å². The first-order valence-corrected chi connectivity index (χ1v) is 10.4. The second kappa shape index (κ2) is 6.84. The van der Waals surface area contributed by atoms with Crippen LogP contribution in [-0.4, -0.2) is 53.0 Å². The number of aryl methyl sites for hydroxylation is 2. The molecule has 0 amide bonds. The van der Waals surface area contributed by atoms with Crippen molar-refractivity contribution in [3.63, 3.8) is 0 Å². The lowest BCUT2D eigenvalue weighted by Crippen LogP contribution is -2.30. The molecule has 0 aromatic carbocycles. The third kappa shape index (κ3) is 3.05. The lowest BCUT2D eigenvalue weighted by molar-refractivity contribution is 0.115. The quantitative estimate of drug-likeness (QED) is 0.659. The molecule has 0 spiro atoms. The van der Waals surface area contributed by atoms with Gasteiger partial charge >= 0.3 is 0 Å². The van der Waals surface area contributed by atoms with Crippen LogP contribution in [0.2, 0.25) is 0 Å². The van der Waals surface area contributed by atoms with Gasteiger partial charge in [0, 0.05) is 45.2 Å². The van der Waals surface area contributed by atoms with Crippen molar-refractivity contribution in [1.82, 2.24) is 18.3 Å². The molecule has 0 unspecified atom stereocenters. The van der Waals surface area contributed by atoms with E-state index in [0.717, 1.165) is 11.1 Å². The normalized spacial score (nSPS) is 18.2. The van der Waals surface area contributed by atoms with Crippen LogP contribution in [0.1, 0.15) is 12.0 Å². The van der Waals surface area contributed by atoms with Crippen LogP contribution in [0.15, 0.2) is 46.6 Å². The van der Waals surface area contributed by atoms with Crippen LogP contribution in [0.5, 0.6) is 0 Å². The molecule has 8 nitrogen and oxygen atoms in total. The van der Waals surface area contributed by atoms with Crippen molar-refractivity contribution in [1.29, 1.82) is 0 Å². The predicted octanol–water partition coefficient (Wildman–Crippen LogP) is 1.42. The first-order valence-electron chi connectivity index (χ1n) is 8.99. The van der Waals surface area contributed by atoms with Gasteiger partial charge in [0.25, 0.3) is 15.6 Å². The molecule has 0 bridgehead atoms. The number of ether oxygens (including phenoxy) is 1. The Kier molecular flexibility index (Phi) is 4.60. The largest absolute Gasteiger partial charge is 0.380 e. The van der Waals surface area contributed by atoms with Gasteiger partial charge in [-0.15, -0.1) is 0 Å². The number of imidazole rings is 1. The van der Waals surface area contributed by atoms with Crippen molar-refractivity contribution in [3.05, 3.63) is 52.7 Å². The van der Waals surface area contributed by atoms with E-state index in [9.17, 15) is 13.2 Å². The van der Waals surface area contributed by atoms with Crippen molar-refractivity contribution < 1.29 is 13.2 Å². The van der Waals surface area contributed by atoms with Crippen molar-refractivity contribution in [2.24, 2.45) is 7.05 Å². The summed E-state index contributed by atoms with van der Waals surface area (Å²) in [6.45, 7) is 2.52. The summed E-state index contributed by atoms with van der Waals surface area (Å²) in [5, 5.41) is 0.127. The molecule has 3 aromatic heterocycles. The molecule has 1 fully saturated rings. The van der Waals surface area contributed by atoms with E-state index in [1.165, 1.54) is 15.1 Å². The number of nitrogens with zero attached hydrogens (tertiary/aromatic N) is 4. The topological polar surface area (TPSA) is 85.9 Å². The molecular weight excluding hydrogens is 380 g/mol. The summed E-state index contributed by atoms with van der Waals surface area (Å²) in [6.07, 6.45) is 5.47. The van der Waals surface area contributed by atoms with E-state index >= 15 is 0 Å². The van der Waals surface area contributed by atoms with Crippen LogP contribution >= 0.6 is 0 Å². The molecule has 3 aromatic rings. The fraction of sp³-hybridized carbons (Fsp3) is 0.368. The molecule has 1 atom stereocenters. The smallest absolute Gasteiger partial charge is 0.260 e. The van der Waals surface area contributed by atoms with E-state index in [4.69, 9.17) is 4.74 Å². The zero-order valence-corrected chi connectivity index (χ0v) is 16.8. The molecule has 0 radical (unpaired) electrons. The fourth-order valence-corrected chi connectivity index (χ4v) is 5.15. The lowest BCUT2D eigenvalue weighted by atomic mass is 10.1. The number of pyridine rings is 2. The van der Waals surface area contributed by atoms with Gasteiger partial charge in [-0.05, 0) is 42.7 Å². The zero-order chi connectivity index (χ0) is 20.1. The number of rotatable bonds is 4. The highest BCUT2D eigenvalue weighted by atomic mass is 32.2. The number of fused-ring (bicyclic) bond motifs is 1. The van der Waals surface area contributed by atoms with E-state index < -0.39 is 10.0 Å². The van der Waals surface area contributed by atoms with Crippen LogP contribution in [0.3, 0.4) is 0 Å². The standard InChI is InChI=1S/C19H22N4O4S/c1-13-8-15(10-21(2)19(13)24)14-4-5-17-20-9-18(23(17)11-14)28(25,26)22-7-6-16(12-22)27-3/h4-5,8-11,16H,6-7,12H2,1-3H3/t16-/m0/s1.